The SMILES string of the molecule is CN=C(NCC(=O)N1CCc2ccccc21)NCc1ccc(C(F)(F)F)cc1.I. The number of carbonyl (C=O) groups excluding carboxylic acids is 1. The van der Waals surface area contributed by atoms with Crippen molar-refractivity contribution in [2.24, 2.45) is 4.99 Å². The van der Waals surface area contributed by atoms with Gasteiger partial charge in [0, 0.05) is 25.8 Å². The second-order valence-electron chi connectivity index (χ2n) is 6.40. The average Bonchev–Trinajstić information content (AvgIpc) is 3.12. The van der Waals surface area contributed by atoms with Crippen molar-refractivity contribution in [1.82, 2.24) is 10.6 Å². The van der Waals surface area contributed by atoms with Crippen LogP contribution in [0.5, 0.6) is 0 Å². The maximum absolute atomic E-state index is 12.6. The molecule has 0 fully saturated rings. The number of carbonyl (C=O) groups is 1. The molecule has 2 N–H and O–H groups in total. The average molecular weight is 518 g/mol. The smallest absolute Gasteiger partial charge is 0.352 e. The third kappa shape index (κ3) is 5.84. The summed E-state index contributed by atoms with van der Waals surface area (Å²) in [5.74, 6) is 0.336. The summed E-state index contributed by atoms with van der Waals surface area (Å²) < 4.78 is 37.8. The number of hydrogen-bond acceptors (Lipinski definition) is 2. The van der Waals surface area contributed by atoms with E-state index in [4.69, 9.17) is 0 Å². The fourth-order valence-electron chi connectivity index (χ4n) is 3.07. The number of benzene rings is 2. The summed E-state index contributed by atoms with van der Waals surface area (Å²) in [5.41, 5.74) is 2.08. The van der Waals surface area contributed by atoms with Gasteiger partial charge < -0.3 is 15.5 Å². The zero-order valence-electron chi connectivity index (χ0n) is 15.8. The van der Waals surface area contributed by atoms with Gasteiger partial charge >= 0.3 is 6.18 Å². The van der Waals surface area contributed by atoms with Crippen LogP contribution in [0, 0.1) is 0 Å². The van der Waals surface area contributed by atoms with E-state index in [1.165, 1.54) is 12.1 Å². The van der Waals surface area contributed by atoms with E-state index in [0.29, 0.717) is 24.6 Å². The van der Waals surface area contributed by atoms with E-state index in [2.05, 4.69) is 15.6 Å². The zero-order valence-corrected chi connectivity index (χ0v) is 18.1. The molecule has 9 heteroatoms. The lowest BCUT2D eigenvalue weighted by Crippen LogP contribution is -2.44. The van der Waals surface area contributed by atoms with Crippen molar-refractivity contribution in [3.63, 3.8) is 0 Å². The lowest BCUT2D eigenvalue weighted by molar-refractivity contribution is -0.137. The van der Waals surface area contributed by atoms with Crippen molar-refractivity contribution in [3.8, 4) is 0 Å². The maximum atomic E-state index is 12.6. The van der Waals surface area contributed by atoms with Crippen LogP contribution in [-0.4, -0.2) is 32.0 Å². The Hall–Kier alpha value is -2.30. The number of amides is 1. The number of alkyl halides is 3. The molecular formula is C20H22F3IN4O. The number of aliphatic imine (C=N–C) groups is 1. The van der Waals surface area contributed by atoms with Gasteiger partial charge in [0.1, 0.15) is 0 Å². The summed E-state index contributed by atoms with van der Waals surface area (Å²) in [6.07, 6.45) is -3.51. The van der Waals surface area contributed by atoms with Gasteiger partial charge in [0.25, 0.3) is 0 Å². The summed E-state index contributed by atoms with van der Waals surface area (Å²) >= 11 is 0. The highest BCUT2D eigenvalue weighted by atomic mass is 127. The predicted molar refractivity (Wildman–Crippen MR) is 118 cm³/mol. The number of nitrogens with one attached hydrogen (secondary N) is 2. The maximum Gasteiger partial charge on any atom is 0.416 e. The predicted octanol–water partition coefficient (Wildman–Crippen LogP) is 3.58. The van der Waals surface area contributed by atoms with E-state index in [1.54, 1.807) is 11.9 Å². The molecule has 5 nitrogen and oxygen atoms in total. The lowest BCUT2D eigenvalue weighted by Gasteiger charge is -2.19. The van der Waals surface area contributed by atoms with Crippen LogP contribution in [0.1, 0.15) is 16.7 Å². The first-order valence-electron chi connectivity index (χ1n) is 8.87. The van der Waals surface area contributed by atoms with Crippen molar-refractivity contribution < 1.29 is 18.0 Å². The molecule has 0 saturated carbocycles. The van der Waals surface area contributed by atoms with Crippen molar-refractivity contribution in [2.75, 3.05) is 25.0 Å². The highest BCUT2D eigenvalue weighted by Crippen LogP contribution is 2.29. The summed E-state index contributed by atoms with van der Waals surface area (Å²) in [4.78, 5) is 18.3. The fraction of sp³-hybridized carbons (Fsp3) is 0.300. The number of hydrogen-bond donors (Lipinski definition) is 2. The Morgan fingerprint density at radius 2 is 1.79 bits per heavy atom. The standard InChI is InChI=1S/C20H21F3N4O.HI/c1-24-19(25-12-14-6-8-16(9-7-14)20(21,22)23)26-13-18(28)27-11-10-15-4-2-3-5-17(15)27;/h2-9H,10-13H2,1H3,(H2,24,25,26);1H. The lowest BCUT2D eigenvalue weighted by atomic mass is 10.1. The molecule has 3 rings (SSSR count). The summed E-state index contributed by atoms with van der Waals surface area (Å²) in [7, 11) is 1.57. The molecule has 0 saturated heterocycles. The third-order valence-electron chi connectivity index (χ3n) is 4.56. The van der Waals surface area contributed by atoms with E-state index >= 15 is 0 Å². The Balaban J connectivity index is 0.00000300. The molecule has 0 unspecified atom stereocenters. The number of anilines is 1. The molecule has 2 aromatic carbocycles. The molecule has 1 heterocycles. The molecule has 1 aliphatic heterocycles. The van der Waals surface area contributed by atoms with Gasteiger partial charge in [-0.3, -0.25) is 9.79 Å². The molecule has 1 amide bonds. The second kappa shape index (κ2) is 9.95. The van der Waals surface area contributed by atoms with Crippen molar-refractivity contribution >= 4 is 41.5 Å². The number of guanidine groups is 1. The summed E-state index contributed by atoms with van der Waals surface area (Å²) in [5, 5.41) is 5.95. The van der Waals surface area contributed by atoms with Gasteiger partial charge in [-0.2, -0.15) is 13.2 Å². The second-order valence-corrected chi connectivity index (χ2v) is 6.40. The number of rotatable bonds is 4. The van der Waals surface area contributed by atoms with Gasteiger partial charge in [0.05, 0.1) is 12.1 Å². The van der Waals surface area contributed by atoms with E-state index < -0.39 is 11.7 Å². The molecule has 0 bridgehead atoms. The van der Waals surface area contributed by atoms with Gasteiger partial charge in [-0.25, -0.2) is 0 Å². The number of halogens is 4. The molecule has 0 spiro atoms. The van der Waals surface area contributed by atoms with Crippen LogP contribution in [0.2, 0.25) is 0 Å². The minimum Gasteiger partial charge on any atom is -0.352 e. The quantitative estimate of drug-likeness (QED) is 0.370. The van der Waals surface area contributed by atoms with Crippen LogP contribution < -0.4 is 15.5 Å². The normalized spacial score (nSPS) is 13.5. The van der Waals surface area contributed by atoms with Crippen molar-refractivity contribution in [1.29, 1.82) is 0 Å². The molecule has 0 aromatic heterocycles. The van der Waals surface area contributed by atoms with Crippen LogP contribution in [-0.2, 0) is 23.9 Å². The number of fused-ring (bicyclic) bond motifs is 1. The highest BCUT2D eigenvalue weighted by molar-refractivity contribution is 14.0. The third-order valence-corrected chi connectivity index (χ3v) is 4.56. The van der Waals surface area contributed by atoms with Crippen molar-refractivity contribution in [2.45, 2.75) is 19.1 Å². The van der Waals surface area contributed by atoms with E-state index in [-0.39, 0.29) is 36.4 Å². The van der Waals surface area contributed by atoms with E-state index in [0.717, 1.165) is 29.8 Å². The van der Waals surface area contributed by atoms with Gasteiger partial charge in [0.2, 0.25) is 5.91 Å². The van der Waals surface area contributed by atoms with E-state index in [9.17, 15) is 18.0 Å². The minimum absolute atomic E-state index is 0. The van der Waals surface area contributed by atoms with Gasteiger partial charge in [-0.15, -0.1) is 24.0 Å². The molecule has 0 radical (unpaired) electrons. The first-order chi connectivity index (χ1) is 13.4. The molecule has 1 aliphatic rings. The van der Waals surface area contributed by atoms with Crippen LogP contribution in [0.3, 0.4) is 0 Å². The van der Waals surface area contributed by atoms with E-state index in [1.807, 2.05) is 24.3 Å². The Morgan fingerprint density at radius 1 is 1.10 bits per heavy atom. The topological polar surface area (TPSA) is 56.7 Å². The molecule has 29 heavy (non-hydrogen) atoms. The largest absolute Gasteiger partial charge is 0.416 e. The zero-order chi connectivity index (χ0) is 20.1. The van der Waals surface area contributed by atoms with Gasteiger partial charge in [-0.05, 0) is 35.7 Å². The fourth-order valence-corrected chi connectivity index (χ4v) is 3.07. The molecule has 156 valence electrons. The van der Waals surface area contributed by atoms with Crippen LogP contribution in [0.4, 0.5) is 18.9 Å². The molecule has 2 aromatic rings. The van der Waals surface area contributed by atoms with Crippen molar-refractivity contribution in [3.05, 3.63) is 65.2 Å². The Morgan fingerprint density at radius 3 is 2.45 bits per heavy atom. The Labute approximate surface area is 184 Å². The Bertz CT molecular complexity index is 869. The number of para-hydroxylation sites is 1. The molecular weight excluding hydrogens is 496 g/mol. The Kier molecular flexibility index (Phi) is 7.88. The van der Waals surface area contributed by atoms with Crippen LogP contribution >= 0.6 is 24.0 Å². The first kappa shape index (κ1) is 23.0. The summed E-state index contributed by atoms with van der Waals surface area (Å²) in [6.45, 7) is 1.01. The molecule has 0 aliphatic carbocycles. The minimum atomic E-state index is -4.35. The van der Waals surface area contributed by atoms with Crippen LogP contribution in [0.15, 0.2) is 53.5 Å². The summed E-state index contributed by atoms with van der Waals surface area (Å²) in [6, 6.07) is 12.7. The monoisotopic (exact) mass is 518 g/mol. The number of nitrogens with zero attached hydrogens (tertiary/aromatic N) is 2. The van der Waals surface area contributed by atoms with Crippen LogP contribution in [0.25, 0.3) is 0 Å². The highest BCUT2D eigenvalue weighted by Gasteiger charge is 2.30. The van der Waals surface area contributed by atoms with Gasteiger partial charge in [0.15, 0.2) is 5.96 Å². The first-order valence-corrected chi connectivity index (χ1v) is 8.87. The molecule has 0 atom stereocenters. The van der Waals surface area contributed by atoms with Gasteiger partial charge in [-0.1, -0.05) is 30.3 Å².